The molecule has 1 aliphatic carbocycles. The number of carboxylic acid groups (broad SMARTS) is 1. The smallest absolute Gasteiger partial charge is 0.305 e. The summed E-state index contributed by atoms with van der Waals surface area (Å²) in [7, 11) is 1.55. The molecule has 31 heavy (non-hydrogen) atoms. The first-order chi connectivity index (χ1) is 15.1. The zero-order valence-electron chi connectivity index (χ0n) is 17.8. The monoisotopic (exact) mass is 420 g/mol. The van der Waals surface area contributed by atoms with E-state index in [9.17, 15) is 9.90 Å². The molecule has 0 amide bonds. The molecule has 1 atom stereocenters. The average Bonchev–Trinajstić information content (AvgIpc) is 3.26. The van der Waals surface area contributed by atoms with Crippen molar-refractivity contribution >= 4 is 5.97 Å². The molecule has 0 radical (unpaired) electrons. The molecule has 4 rings (SSSR count). The summed E-state index contributed by atoms with van der Waals surface area (Å²) < 4.78 is 6.82. The molecule has 3 aromatic heterocycles. The van der Waals surface area contributed by atoms with Crippen LogP contribution in [-0.4, -0.2) is 37.9 Å². The second-order valence-electron chi connectivity index (χ2n) is 8.00. The van der Waals surface area contributed by atoms with Gasteiger partial charge >= 0.3 is 5.97 Å². The summed E-state index contributed by atoms with van der Waals surface area (Å²) in [5.74, 6) is -0.383. The average molecular weight is 421 g/mol. The molecule has 0 aliphatic heterocycles. The van der Waals surface area contributed by atoms with Crippen LogP contribution in [-0.2, 0) is 30.5 Å². The summed E-state index contributed by atoms with van der Waals surface area (Å²) >= 11 is 0. The number of aromatic nitrogens is 4. The van der Waals surface area contributed by atoms with E-state index in [2.05, 4.69) is 22.2 Å². The molecule has 1 unspecified atom stereocenters. The van der Waals surface area contributed by atoms with Crippen molar-refractivity contribution < 1.29 is 14.6 Å². The van der Waals surface area contributed by atoms with Crippen LogP contribution in [0.3, 0.4) is 0 Å². The van der Waals surface area contributed by atoms with Crippen molar-refractivity contribution in [3.05, 3.63) is 70.9 Å². The van der Waals surface area contributed by atoms with Gasteiger partial charge in [-0.3, -0.25) is 14.5 Å². The van der Waals surface area contributed by atoms with E-state index in [0.29, 0.717) is 5.88 Å². The fourth-order valence-electron chi connectivity index (χ4n) is 4.14. The van der Waals surface area contributed by atoms with Gasteiger partial charge in [-0.05, 0) is 74.3 Å². The van der Waals surface area contributed by atoms with Gasteiger partial charge < -0.3 is 9.84 Å². The largest absolute Gasteiger partial charge is 0.481 e. The highest BCUT2D eigenvalue weighted by molar-refractivity contribution is 5.68. The third kappa shape index (κ3) is 5.29. The number of aliphatic carboxylic acids is 1. The number of pyridine rings is 2. The molecule has 0 saturated carbocycles. The Bertz CT molecular complexity index is 1030. The summed E-state index contributed by atoms with van der Waals surface area (Å²) in [6, 6.07) is 9.52. The number of nitrogens with zero attached hydrogens (tertiary/aromatic N) is 4. The Labute approximate surface area is 182 Å². The van der Waals surface area contributed by atoms with Crippen LogP contribution in [0, 0.1) is 0 Å². The zero-order chi connectivity index (χ0) is 21.6. The lowest BCUT2D eigenvalue weighted by Crippen LogP contribution is -2.16. The van der Waals surface area contributed by atoms with Crippen molar-refractivity contribution in [2.24, 2.45) is 0 Å². The van der Waals surface area contributed by atoms with Crippen LogP contribution in [0.4, 0.5) is 0 Å². The summed E-state index contributed by atoms with van der Waals surface area (Å²) in [6.45, 7) is 0. The molecule has 1 aliphatic rings. The highest BCUT2D eigenvalue weighted by Gasteiger charge is 2.19. The molecular weight excluding hydrogens is 392 g/mol. The number of methoxy groups -OCH3 is 1. The lowest BCUT2D eigenvalue weighted by Gasteiger charge is -2.16. The maximum Gasteiger partial charge on any atom is 0.305 e. The van der Waals surface area contributed by atoms with E-state index in [0.717, 1.165) is 49.1 Å². The van der Waals surface area contributed by atoms with Gasteiger partial charge in [0.15, 0.2) is 0 Å². The first kappa shape index (κ1) is 21.0. The SMILES string of the molecule is COc1ccc(C(CC(=O)O)n2ccc(CCCc3ccc4c(n3)CCCC4)n2)cn1. The van der Waals surface area contributed by atoms with Gasteiger partial charge in [0.25, 0.3) is 0 Å². The molecule has 0 aromatic carbocycles. The number of carboxylic acids is 1. The third-order valence-corrected chi connectivity index (χ3v) is 5.81. The van der Waals surface area contributed by atoms with Crippen LogP contribution in [0.25, 0.3) is 0 Å². The van der Waals surface area contributed by atoms with E-state index in [1.165, 1.54) is 24.1 Å². The maximum absolute atomic E-state index is 11.4. The predicted octanol–water partition coefficient (Wildman–Crippen LogP) is 3.80. The van der Waals surface area contributed by atoms with Crippen molar-refractivity contribution in [2.75, 3.05) is 7.11 Å². The lowest BCUT2D eigenvalue weighted by atomic mass is 9.95. The summed E-state index contributed by atoms with van der Waals surface area (Å²) in [4.78, 5) is 20.5. The van der Waals surface area contributed by atoms with Crippen molar-refractivity contribution in [3.63, 3.8) is 0 Å². The minimum atomic E-state index is -0.878. The van der Waals surface area contributed by atoms with Crippen LogP contribution in [0.1, 0.15) is 59.9 Å². The van der Waals surface area contributed by atoms with E-state index in [4.69, 9.17) is 9.72 Å². The van der Waals surface area contributed by atoms with Crippen molar-refractivity contribution in [1.29, 1.82) is 0 Å². The number of fused-ring (bicyclic) bond motifs is 1. The van der Waals surface area contributed by atoms with E-state index in [-0.39, 0.29) is 6.42 Å². The van der Waals surface area contributed by atoms with Crippen molar-refractivity contribution in [3.8, 4) is 5.88 Å². The minimum absolute atomic E-state index is 0.0613. The summed E-state index contributed by atoms with van der Waals surface area (Å²) in [5.41, 5.74) is 5.57. The molecule has 0 fully saturated rings. The van der Waals surface area contributed by atoms with E-state index in [1.54, 1.807) is 24.1 Å². The topological polar surface area (TPSA) is 90.1 Å². The van der Waals surface area contributed by atoms with Gasteiger partial charge in [0.05, 0.1) is 25.3 Å². The molecule has 3 aromatic rings. The molecule has 1 N–H and O–H groups in total. The van der Waals surface area contributed by atoms with Gasteiger partial charge in [-0.15, -0.1) is 0 Å². The van der Waals surface area contributed by atoms with Crippen LogP contribution >= 0.6 is 0 Å². The van der Waals surface area contributed by atoms with Gasteiger partial charge in [0.1, 0.15) is 0 Å². The van der Waals surface area contributed by atoms with Gasteiger partial charge in [-0.25, -0.2) is 4.98 Å². The molecule has 3 heterocycles. The van der Waals surface area contributed by atoms with Crippen LogP contribution in [0.2, 0.25) is 0 Å². The van der Waals surface area contributed by atoms with Gasteiger partial charge in [0, 0.05) is 29.8 Å². The highest BCUT2D eigenvalue weighted by atomic mass is 16.5. The normalized spacial score (nSPS) is 14.1. The first-order valence-corrected chi connectivity index (χ1v) is 10.9. The molecule has 0 saturated heterocycles. The Balaban J connectivity index is 1.40. The van der Waals surface area contributed by atoms with E-state index < -0.39 is 12.0 Å². The number of ether oxygens (including phenoxy) is 1. The van der Waals surface area contributed by atoms with Gasteiger partial charge in [0.2, 0.25) is 5.88 Å². The number of aryl methyl sites for hydroxylation is 4. The second kappa shape index (κ2) is 9.73. The Hall–Kier alpha value is -3.22. The fraction of sp³-hybridized carbons (Fsp3) is 0.417. The highest BCUT2D eigenvalue weighted by Crippen LogP contribution is 2.23. The second-order valence-corrected chi connectivity index (χ2v) is 8.00. The first-order valence-electron chi connectivity index (χ1n) is 10.9. The Kier molecular flexibility index (Phi) is 6.60. The Morgan fingerprint density at radius 3 is 2.74 bits per heavy atom. The fourth-order valence-corrected chi connectivity index (χ4v) is 4.14. The maximum atomic E-state index is 11.4. The standard InChI is InChI=1S/C24H28N4O3/c1-31-23-12-10-18(16-25-23)22(15-24(29)30)28-14-13-20(27-28)7-4-6-19-11-9-17-5-2-3-8-21(17)26-19/h9-14,16,22H,2-8,15H2,1H3,(H,29,30). The molecular formula is C24H28N4O3. The summed E-state index contributed by atoms with van der Waals surface area (Å²) in [6.07, 6.45) is 10.9. The van der Waals surface area contributed by atoms with E-state index >= 15 is 0 Å². The van der Waals surface area contributed by atoms with Crippen LogP contribution in [0.15, 0.2) is 42.7 Å². The van der Waals surface area contributed by atoms with Crippen molar-refractivity contribution in [2.45, 2.75) is 57.4 Å². The molecule has 7 heteroatoms. The minimum Gasteiger partial charge on any atom is -0.481 e. The van der Waals surface area contributed by atoms with Gasteiger partial charge in [-0.1, -0.05) is 6.07 Å². The Morgan fingerprint density at radius 2 is 1.97 bits per heavy atom. The third-order valence-electron chi connectivity index (χ3n) is 5.81. The zero-order valence-corrected chi connectivity index (χ0v) is 17.8. The predicted molar refractivity (Wildman–Crippen MR) is 116 cm³/mol. The number of rotatable bonds is 9. The quantitative estimate of drug-likeness (QED) is 0.566. The number of hydrogen-bond donors (Lipinski definition) is 1. The Morgan fingerprint density at radius 1 is 1.13 bits per heavy atom. The number of hydrogen-bond acceptors (Lipinski definition) is 5. The van der Waals surface area contributed by atoms with Crippen molar-refractivity contribution in [1.82, 2.24) is 19.7 Å². The van der Waals surface area contributed by atoms with E-state index in [1.807, 2.05) is 18.3 Å². The lowest BCUT2D eigenvalue weighted by molar-refractivity contribution is -0.137. The van der Waals surface area contributed by atoms with Gasteiger partial charge in [-0.2, -0.15) is 5.10 Å². The molecule has 7 nitrogen and oxygen atoms in total. The van der Waals surface area contributed by atoms with Crippen LogP contribution in [0.5, 0.6) is 5.88 Å². The number of carbonyl (C=O) groups is 1. The molecule has 0 bridgehead atoms. The summed E-state index contributed by atoms with van der Waals surface area (Å²) in [5, 5.41) is 14.0. The molecule has 162 valence electrons. The van der Waals surface area contributed by atoms with Crippen LogP contribution < -0.4 is 4.74 Å². The molecule has 0 spiro atoms.